The Hall–Kier alpha value is -2.13. The molecule has 3 rings (SSSR count). The summed E-state index contributed by atoms with van der Waals surface area (Å²) in [6.07, 6.45) is 2.07. The minimum absolute atomic E-state index is 0.140. The number of hydrogen-bond donors (Lipinski definition) is 1. The first-order chi connectivity index (χ1) is 10.6. The van der Waals surface area contributed by atoms with Gasteiger partial charge in [0.2, 0.25) is 0 Å². The van der Waals surface area contributed by atoms with Gasteiger partial charge in [-0.3, -0.25) is 0 Å². The number of phenolic OH excluding ortho intramolecular Hbond substituents is 1. The second-order valence-electron chi connectivity index (χ2n) is 5.55. The highest BCUT2D eigenvalue weighted by Gasteiger charge is 2.14. The van der Waals surface area contributed by atoms with Crippen LogP contribution in [0.15, 0.2) is 48.7 Å². The van der Waals surface area contributed by atoms with Crippen LogP contribution in [0.3, 0.4) is 0 Å². The van der Waals surface area contributed by atoms with Crippen LogP contribution in [0.25, 0.3) is 10.9 Å². The maximum Gasteiger partial charge on any atom is 0.161 e. The third-order valence-electron chi connectivity index (χ3n) is 3.69. The molecule has 3 nitrogen and oxygen atoms in total. The van der Waals surface area contributed by atoms with Gasteiger partial charge in [0.05, 0.1) is 10.5 Å². The number of halogens is 1. The number of fused-ring (bicyclic) bond motifs is 1. The summed E-state index contributed by atoms with van der Waals surface area (Å²) in [6, 6.07) is 13.2. The third-order valence-corrected chi connectivity index (χ3v) is 4.01. The Morgan fingerprint density at radius 1 is 1.14 bits per heavy atom. The topological polar surface area (TPSA) is 34.4 Å². The molecule has 0 saturated carbocycles. The Morgan fingerprint density at radius 2 is 1.91 bits per heavy atom. The highest BCUT2D eigenvalue weighted by molar-refractivity contribution is 6.35. The normalized spacial score (nSPS) is 11.3. The van der Waals surface area contributed by atoms with Gasteiger partial charge in [0.1, 0.15) is 6.61 Å². The van der Waals surface area contributed by atoms with E-state index in [1.165, 1.54) is 0 Å². The number of aromatic nitrogens is 1. The van der Waals surface area contributed by atoms with E-state index in [4.69, 9.17) is 16.3 Å². The van der Waals surface area contributed by atoms with Gasteiger partial charge in [-0.15, -0.1) is 0 Å². The van der Waals surface area contributed by atoms with E-state index >= 15 is 0 Å². The van der Waals surface area contributed by atoms with Crippen molar-refractivity contribution in [1.29, 1.82) is 0 Å². The lowest BCUT2D eigenvalue weighted by Crippen LogP contribution is -1.98. The fraction of sp³-hybridized carbons (Fsp3) is 0.222. The molecule has 0 aliphatic rings. The predicted octanol–water partition coefficient (Wildman–Crippen LogP) is 5.16. The molecule has 0 atom stereocenters. The zero-order chi connectivity index (χ0) is 15.7. The molecule has 114 valence electrons. The maximum atomic E-state index is 9.79. The monoisotopic (exact) mass is 315 g/mol. The predicted molar refractivity (Wildman–Crippen MR) is 89.8 cm³/mol. The molecule has 0 saturated heterocycles. The molecule has 2 aromatic carbocycles. The van der Waals surface area contributed by atoms with Gasteiger partial charge >= 0.3 is 0 Å². The number of rotatable bonds is 4. The molecule has 0 spiro atoms. The van der Waals surface area contributed by atoms with E-state index in [0.29, 0.717) is 23.4 Å². The molecule has 0 amide bonds. The summed E-state index contributed by atoms with van der Waals surface area (Å²) in [5.41, 5.74) is 2.11. The Labute approximate surface area is 134 Å². The van der Waals surface area contributed by atoms with E-state index in [1.54, 1.807) is 18.2 Å². The van der Waals surface area contributed by atoms with Crippen molar-refractivity contribution in [3.8, 4) is 11.5 Å². The fourth-order valence-electron chi connectivity index (χ4n) is 2.62. The van der Waals surface area contributed by atoms with E-state index < -0.39 is 0 Å². The van der Waals surface area contributed by atoms with Gasteiger partial charge in [0.25, 0.3) is 0 Å². The molecule has 0 fully saturated rings. The van der Waals surface area contributed by atoms with Gasteiger partial charge in [0, 0.05) is 23.2 Å². The molecule has 4 heteroatoms. The smallest absolute Gasteiger partial charge is 0.161 e. The van der Waals surface area contributed by atoms with Crippen molar-refractivity contribution in [1.82, 2.24) is 4.57 Å². The third kappa shape index (κ3) is 2.64. The highest BCUT2D eigenvalue weighted by atomic mass is 35.5. The molecule has 1 aromatic heterocycles. The summed E-state index contributed by atoms with van der Waals surface area (Å²) in [6.45, 7) is 4.62. The Bertz CT molecular complexity index is 808. The Morgan fingerprint density at radius 3 is 2.64 bits per heavy atom. The average Bonchev–Trinajstić information content (AvgIpc) is 2.87. The van der Waals surface area contributed by atoms with E-state index in [2.05, 4.69) is 30.7 Å². The van der Waals surface area contributed by atoms with Crippen LogP contribution in [0.4, 0.5) is 0 Å². The van der Waals surface area contributed by atoms with Crippen LogP contribution in [0, 0.1) is 0 Å². The van der Waals surface area contributed by atoms with E-state index in [0.717, 1.165) is 16.5 Å². The number of para-hydroxylation sites is 2. The molecule has 1 heterocycles. The molecular weight excluding hydrogens is 298 g/mol. The summed E-state index contributed by atoms with van der Waals surface area (Å²) in [5.74, 6) is 0.612. The van der Waals surface area contributed by atoms with Crippen molar-refractivity contribution in [2.45, 2.75) is 26.5 Å². The molecule has 0 bridgehead atoms. The largest absolute Gasteiger partial charge is 0.504 e. The van der Waals surface area contributed by atoms with Crippen molar-refractivity contribution >= 4 is 22.5 Å². The average molecular weight is 316 g/mol. The van der Waals surface area contributed by atoms with Crippen LogP contribution in [-0.2, 0) is 6.61 Å². The van der Waals surface area contributed by atoms with Crippen LogP contribution < -0.4 is 4.74 Å². The van der Waals surface area contributed by atoms with Crippen molar-refractivity contribution in [3.63, 3.8) is 0 Å². The van der Waals surface area contributed by atoms with Gasteiger partial charge in [-0.1, -0.05) is 29.8 Å². The summed E-state index contributed by atoms with van der Waals surface area (Å²) in [5, 5.41) is 11.5. The van der Waals surface area contributed by atoms with Crippen LogP contribution in [-0.4, -0.2) is 9.67 Å². The first-order valence-electron chi connectivity index (χ1n) is 7.26. The van der Waals surface area contributed by atoms with Crippen LogP contribution >= 0.6 is 11.6 Å². The number of hydrogen-bond acceptors (Lipinski definition) is 2. The van der Waals surface area contributed by atoms with E-state index in [1.807, 2.05) is 18.2 Å². The van der Waals surface area contributed by atoms with Gasteiger partial charge in [0.15, 0.2) is 11.5 Å². The Kier molecular flexibility index (Phi) is 3.99. The Balaban J connectivity index is 1.99. The van der Waals surface area contributed by atoms with Crippen molar-refractivity contribution < 1.29 is 9.84 Å². The molecular formula is C18H18ClNO2. The molecule has 0 aliphatic carbocycles. The van der Waals surface area contributed by atoms with Crippen molar-refractivity contribution in [2.24, 2.45) is 0 Å². The summed E-state index contributed by atoms with van der Waals surface area (Å²) < 4.78 is 7.94. The summed E-state index contributed by atoms with van der Waals surface area (Å²) >= 11 is 6.37. The SMILES string of the molecule is CC(C)n1cc(COc2ccccc2O)c2c(Cl)cccc21. The molecule has 0 unspecified atom stereocenters. The lowest BCUT2D eigenvalue weighted by molar-refractivity contribution is 0.290. The minimum Gasteiger partial charge on any atom is -0.504 e. The number of ether oxygens (including phenoxy) is 1. The number of aromatic hydroxyl groups is 1. The number of nitrogens with zero attached hydrogens (tertiary/aromatic N) is 1. The molecule has 0 radical (unpaired) electrons. The standard InChI is InChI=1S/C18H18ClNO2/c1-12(2)20-10-13(18-14(19)6-5-7-15(18)20)11-22-17-9-4-3-8-16(17)21/h3-10,12,21H,11H2,1-2H3. The van der Waals surface area contributed by atoms with Crippen molar-refractivity contribution in [3.05, 3.63) is 59.2 Å². The highest BCUT2D eigenvalue weighted by Crippen LogP contribution is 2.32. The number of benzene rings is 2. The molecule has 1 N–H and O–H groups in total. The first kappa shape index (κ1) is 14.8. The first-order valence-corrected chi connectivity index (χ1v) is 7.64. The van der Waals surface area contributed by atoms with E-state index in [-0.39, 0.29) is 5.75 Å². The molecule has 22 heavy (non-hydrogen) atoms. The van der Waals surface area contributed by atoms with Crippen molar-refractivity contribution in [2.75, 3.05) is 0 Å². The fourth-order valence-corrected chi connectivity index (χ4v) is 2.91. The van der Waals surface area contributed by atoms with Crippen LogP contribution in [0.5, 0.6) is 11.5 Å². The summed E-state index contributed by atoms with van der Waals surface area (Å²) in [4.78, 5) is 0. The van der Waals surface area contributed by atoms with Gasteiger partial charge in [-0.05, 0) is 38.1 Å². The van der Waals surface area contributed by atoms with E-state index in [9.17, 15) is 5.11 Å². The maximum absolute atomic E-state index is 9.79. The zero-order valence-corrected chi connectivity index (χ0v) is 13.3. The quantitative estimate of drug-likeness (QED) is 0.721. The minimum atomic E-state index is 0.140. The van der Waals surface area contributed by atoms with Gasteiger partial charge in [-0.2, -0.15) is 0 Å². The summed E-state index contributed by atoms with van der Waals surface area (Å²) in [7, 11) is 0. The lowest BCUT2D eigenvalue weighted by Gasteiger charge is -2.08. The second-order valence-corrected chi connectivity index (χ2v) is 5.95. The van der Waals surface area contributed by atoms with Crippen LogP contribution in [0.2, 0.25) is 5.02 Å². The van der Waals surface area contributed by atoms with Gasteiger partial charge in [-0.25, -0.2) is 0 Å². The molecule has 3 aromatic rings. The zero-order valence-electron chi connectivity index (χ0n) is 12.6. The lowest BCUT2D eigenvalue weighted by atomic mass is 10.2. The number of phenols is 1. The second kappa shape index (κ2) is 5.93. The van der Waals surface area contributed by atoms with Gasteiger partial charge < -0.3 is 14.4 Å². The molecule has 0 aliphatic heterocycles. The van der Waals surface area contributed by atoms with Crippen LogP contribution in [0.1, 0.15) is 25.5 Å².